The Balaban J connectivity index is 1.81. The Kier molecular flexibility index (Phi) is 2.57. The Hall–Kier alpha value is -2.94. The van der Waals surface area contributed by atoms with Crippen molar-refractivity contribution in [1.82, 2.24) is 4.57 Å². The van der Waals surface area contributed by atoms with Gasteiger partial charge in [-0.25, -0.2) is 0 Å². The van der Waals surface area contributed by atoms with Gasteiger partial charge in [-0.3, -0.25) is 0 Å². The van der Waals surface area contributed by atoms with Gasteiger partial charge in [0, 0.05) is 5.56 Å². The van der Waals surface area contributed by atoms with Crippen molar-refractivity contribution in [3.05, 3.63) is 78.5 Å². The summed E-state index contributed by atoms with van der Waals surface area (Å²) in [6, 6.07) is 23.6. The maximum absolute atomic E-state index is 12.7. The maximum atomic E-state index is 12.7. The summed E-state index contributed by atoms with van der Waals surface area (Å²) >= 11 is 0. The van der Waals surface area contributed by atoms with Gasteiger partial charge in [0.1, 0.15) is 17.6 Å². The minimum absolute atomic E-state index is 0.0416. The highest BCUT2D eigenvalue weighted by Crippen LogP contribution is 2.26. The lowest BCUT2D eigenvalue weighted by Crippen LogP contribution is -2.17. The molecule has 2 aromatic carbocycles. The van der Waals surface area contributed by atoms with Gasteiger partial charge in [0.05, 0.1) is 0 Å². The molecule has 2 heterocycles. The Labute approximate surface area is 122 Å². The zero-order valence-electron chi connectivity index (χ0n) is 11.3. The Morgan fingerprint density at radius 2 is 1.43 bits per heavy atom. The third kappa shape index (κ3) is 1.82. The van der Waals surface area contributed by atoms with Crippen LogP contribution in [-0.4, -0.2) is 21.4 Å². The number of benzene rings is 2. The summed E-state index contributed by atoms with van der Waals surface area (Å²) in [5.74, 6) is 0. The first kappa shape index (κ1) is 11.9. The van der Waals surface area contributed by atoms with Crippen LogP contribution in [0.15, 0.2) is 72.8 Å². The highest BCUT2D eigenvalue weighted by atomic mass is 16.2. The van der Waals surface area contributed by atoms with Gasteiger partial charge in [0.2, 0.25) is 0 Å². The number of carbonyl (C=O) groups excluding carboxylic acids is 1. The summed E-state index contributed by atoms with van der Waals surface area (Å²) in [5, 5.41) is 0. The number of fused-ring (bicyclic) bond motifs is 1. The molecule has 0 saturated carbocycles. The van der Waals surface area contributed by atoms with E-state index in [1.165, 1.54) is 0 Å². The fraction of sp³-hybridized carbons (Fsp3) is 0. The van der Waals surface area contributed by atoms with Gasteiger partial charge in [0.25, 0.3) is 0 Å². The van der Waals surface area contributed by atoms with Gasteiger partial charge in [-0.2, -0.15) is 13.9 Å². The van der Waals surface area contributed by atoms with Crippen molar-refractivity contribution >= 4 is 17.9 Å². The molecule has 0 fully saturated rings. The predicted molar refractivity (Wildman–Crippen MR) is 82.2 cm³/mol. The Bertz CT molecular complexity index is 845. The molecule has 3 aromatic rings. The van der Waals surface area contributed by atoms with Gasteiger partial charge in [0.15, 0.2) is 5.69 Å². The van der Waals surface area contributed by atoms with Gasteiger partial charge in [-0.1, -0.05) is 48.5 Å². The average molecular weight is 273 g/mol. The minimum Gasteiger partial charge on any atom is -0.196 e. The van der Waals surface area contributed by atoms with Crippen molar-refractivity contribution in [2.24, 2.45) is 0 Å². The molecule has 1 aromatic heterocycles. The van der Waals surface area contributed by atoms with E-state index in [0.29, 0.717) is 0 Å². The highest BCUT2D eigenvalue weighted by Gasteiger charge is 2.34. The minimum atomic E-state index is -0.0416. The predicted octanol–water partition coefficient (Wildman–Crippen LogP) is 3.90. The van der Waals surface area contributed by atoms with Crippen LogP contribution in [0, 0.1) is 0 Å². The van der Waals surface area contributed by atoms with Crippen LogP contribution in [0.25, 0.3) is 11.3 Å². The van der Waals surface area contributed by atoms with Crippen LogP contribution in [-0.2, 0) is 0 Å². The zero-order chi connectivity index (χ0) is 14.2. The number of carbonyl (C=O) groups is 1. The zero-order valence-corrected chi connectivity index (χ0v) is 11.3. The molecule has 0 aliphatic carbocycles. The molecular formula is C18H13N2O+. The molecule has 4 rings (SSSR count). The van der Waals surface area contributed by atoms with E-state index >= 15 is 0 Å². The van der Waals surface area contributed by atoms with Crippen molar-refractivity contribution in [2.45, 2.75) is 0 Å². The van der Waals surface area contributed by atoms with Gasteiger partial charge in [-0.15, -0.1) is 0 Å². The Morgan fingerprint density at radius 1 is 0.762 bits per heavy atom. The average Bonchev–Trinajstić information content (AvgIpc) is 3.10. The number of aromatic nitrogens is 1. The van der Waals surface area contributed by atoms with Gasteiger partial charge < -0.3 is 0 Å². The molecule has 0 atom stereocenters. The molecule has 21 heavy (non-hydrogen) atoms. The summed E-state index contributed by atoms with van der Waals surface area (Å²) in [5.41, 5.74) is 3.75. The van der Waals surface area contributed by atoms with E-state index in [4.69, 9.17) is 0 Å². The van der Waals surface area contributed by atoms with Crippen LogP contribution in [0.3, 0.4) is 0 Å². The number of hydrogen-bond acceptors (Lipinski definition) is 1. The fourth-order valence-electron chi connectivity index (χ4n) is 2.67. The first-order chi connectivity index (χ1) is 10.3. The van der Waals surface area contributed by atoms with Crippen LogP contribution in [0.2, 0.25) is 0 Å². The van der Waals surface area contributed by atoms with Crippen molar-refractivity contribution in [3.63, 3.8) is 0 Å². The van der Waals surface area contributed by atoms with Crippen LogP contribution in [0.1, 0.15) is 5.69 Å². The summed E-state index contributed by atoms with van der Waals surface area (Å²) in [4.78, 5) is 12.7. The van der Waals surface area contributed by atoms with E-state index in [0.717, 1.165) is 22.6 Å². The fourth-order valence-corrected chi connectivity index (χ4v) is 2.67. The summed E-state index contributed by atoms with van der Waals surface area (Å²) in [6.45, 7) is 0. The maximum Gasteiger partial charge on any atom is 0.509 e. The third-order valence-corrected chi connectivity index (χ3v) is 3.67. The molecule has 3 heteroatoms. The van der Waals surface area contributed by atoms with Gasteiger partial charge >= 0.3 is 6.03 Å². The second-order valence-electron chi connectivity index (χ2n) is 4.96. The molecule has 1 aliphatic rings. The number of hydrogen-bond donors (Lipinski definition) is 0. The van der Waals surface area contributed by atoms with E-state index < -0.39 is 0 Å². The van der Waals surface area contributed by atoms with Crippen LogP contribution >= 0.6 is 0 Å². The van der Waals surface area contributed by atoms with Crippen molar-refractivity contribution in [3.8, 4) is 11.3 Å². The lowest BCUT2D eigenvalue weighted by molar-refractivity contribution is -0.321. The SMILES string of the molecule is O=C1n2c(ccc2-c2ccccc2)C=[N+]1c1ccccc1. The van der Waals surface area contributed by atoms with E-state index in [1.807, 2.05) is 79.0 Å². The summed E-state index contributed by atoms with van der Waals surface area (Å²) in [7, 11) is 0. The molecule has 1 aliphatic heterocycles. The van der Waals surface area contributed by atoms with Crippen molar-refractivity contribution in [1.29, 1.82) is 0 Å². The number of rotatable bonds is 2. The van der Waals surface area contributed by atoms with Crippen LogP contribution in [0.5, 0.6) is 0 Å². The second kappa shape index (κ2) is 4.56. The molecule has 1 amide bonds. The first-order valence-corrected chi connectivity index (χ1v) is 6.85. The van der Waals surface area contributed by atoms with Gasteiger partial charge in [-0.05, 0) is 24.3 Å². The molecule has 0 spiro atoms. The second-order valence-corrected chi connectivity index (χ2v) is 4.96. The highest BCUT2D eigenvalue weighted by molar-refractivity contribution is 5.95. The molecule has 0 unspecified atom stereocenters. The molecular weight excluding hydrogens is 260 g/mol. The smallest absolute Gasteiger partial charge is 0.196 e. The largest absolute Gasteiger partial charge is 0.509 e. The standard InChI is InChI=1S/C18H13N2O/c21-18-19(15-9-5-2-6-10-15)13-16-11-12-17(20(16)18)14-7-3-1-4-8-14/h1-13H/q+1. The number of amides is 1. The number of nitrogens with zero attached hydrogens (tertiary/aromatic N) is 2. The first-order valence-electron chi connectivity index (χ1n) is 6.85. The normalized spacial score (nSPS) is 13.1. The topological polar surface area (TPSA) is 25.0 Å². The van der Waals surface area contributed by atoms with Crippen molar-refractivity contribution < 1.29 is 9.37 Å². The van der Waals surface area contributed by atoms with E-state index in [2.05, 4.69) is 0 Å². The van der Waals surface area contributed by atoms with Crippen LogP contribution in [0.4, 0.5) is 10.5 Å². The van der Waals surface area contributed by atoms with Crippen LogP contribution < -0.4 is 0 Å². The molecule has 0 saturated heterocycles. The molecule has 3 nitrogen and oxygen atoms in total. The summed E-state index contributed by atoms with van der Waals surface area (Å²) < 4.78 is 3.43. The molecule has 100 valence electrons. The quantitative estimate of drug-likeness (QED) is 0.650. The van der Waals surface area contributed by atoms with E-state index in [9.17, 15) is 4.79 Å². The lowest BCUT2D eigenvalue weighted by atomic mass is 10.1. The summed E-state index contributed by atoms with van der Waals surface area (Å²) in [6.07, 6.45) is 1.88. The molecule has 0 bridgehead atoms. The lowest BCUT2D eigenvalue weighted by Gasteiger charge is -2.01. The molecule has 0 radical (unpaired) electrons. The van der Waals surface area contributed by atoms with E-state index in [-0.39, 0.29) is 6.03 Å². The van der Waals surface area contributed by atoms with E-state index in [1.54, 1.807) is 9.14 Å². The molecule has 0 N–H and O–H groups in total. The third-order valence-electron chi connectivity index (χ3n) is 3.67. The Morgan fingerprint density at radius 3 is 2.14 bits per heavy atom. The number of para-hydroxylation sites is 1. The monoisotopic (exact) mass is 273 g/mol. The van der Waals surface area contributed by atoms with Crippen molar-refractivity contribution in [2.75, 3.05) is 0 Å².